The zero-order chi connectivity index (χ0) is 47.3. The van der Waals surface area contributed by atoms with E-state index in [9.17, 15) is 38.7 Å². The Hall–Kier alpha value is -3.42. The number of hydrogen-bond donors (Lipinski definition) is 6. The summed E-state index contributed by atoms with van der Waals surface area (Å²) in [6.45, 7) is 21.5. The van der Waals surface area contributed by atoms with Crippen LogP contribution in [0.1, 0.15) is 67.0 Å². The molecule has 1 fully saturated rings. The second-order valence-corrected chi connectivity index (χ2v) is 16.1. The highest BCUT2D eigenvalue weighted by Gasteiger charge is 2.46. The molecule has 0 bridgehead atoms. The van der Waals surface area contributed by atoms with Crippen molar-refractivity contribution in [2.24, 2.45) is 5.11 Å². The molecule has 7 N–H and O–H groups in total. The molecule has 1 saturated heterocycles. The van der Waals surface area contributed by atoms with E-state index in [-0.39, 0.29) is 56.1 Å². The van der Waals surface area contributed by atoms with Gasteiger partial charge in [0.2, 0.25) is 5.91 Å². The third kappa shape index (κ3) is 23.4. The van der Waals surface area contributed by atoms with Gasteiger partial charge in [0.1, 0.15) is 30.2 Å². The number of carbonyl (C=O) groups is 2. The van der Waals surface area contributed by atoms with E-state index in [0.29, 0.717) is 26.4 Å². The van der Waals surface area contributed by atoms with Crippen molar-refractivity contribution in [3.8, 4) is 0 Å². The number of nitrogen functional groups attached to an aromatic ring is 1. The second kappa shape index (κ2) is 32.3. The van der Waals surface area contributed by atoms with Crippen LogP contribution in [0.2, 0.25) is 0 Å². The van der Waals surface area contributed by atoms with Crippen LogP contribution < -0.4 is 11.1 Å². The number of amides is 1. The van der Waals surface area contributed by atoms with E-state index in [4.69, 9.17) is 30.2 Å². The van der Waals surface area contributed by atoms with Gasteiger partial charge >= 0.3 is 21.6 Å². The average molecular weight is 944 g/mol. The monoisotopic (exact) mass is 943 g/mol. The van der Waals surface area contributed by atoms with E-state index >= 15 is 0 Å². The Morgan fingerprint density at radius 3 is 2.00 bits per heavy atom. The zero-order valence-electron chi connectivity index (χ0n) is 37.0. The van der Waals surface area contributed by atoms with Crippen LogP contribution in [0.5, 0.6) is 0 Å². The minimum Gasteiger partial charge on any atom is -0.387 e. The number of aliphatic hydroxyl groups is 2. The highest BCUT2D eigenvalue weighted by atomic mass is 31.3. The first kappa shape index (κ1) is 57.6. The van der Waals surface area contributed by atoms with E-state index in [2.05, 4.69) is 95.0 Å². The predicted octanol–water partition coefficient (Wildman–Crippen LogP) is 2.15. The minimum absolute atomic E-state index is 0.0481. The Labute approximate surface area is 367 Å². The summed E-state index contributed by atoms with van der Waals surface area (Å²) in [7, 11) is -10.9. The Bertz CT molecular complexity index is 1710. The van der Waals surface area contributed by atoms with E-state index in [1.165, 1.54) is 50.2 Å². The summed E-state index contributed by atoms with van der Waals surface area (Å²) in [4.78, 5) is 62.8. The highest BCUT2D eigenvalue weighted by molar-refractivity contribution is 7.61. The average Bonchev–Trinajstić information content (AvgIpc) is 3.80. The van der Waals surface area contributed by atoms with Gasteiger partial charge in [-0.2, -0.15) is 4.31 Å². The Balaban J connectivity index is 0.00000121. The van der Waals surface area contributed by atoms with Gasteiger partial charge in [0.25, 0.3) is 0 Å². The van der Waals surface area contributed by atoms with Crippen LogP contribution in [0.15, 0.2) is 17.8 Å². The molecule has 0 aromatic carbocycles. The van der Waals surface area contributed by atoms with Gasteiger partial charge in [-0.15, -0.1) is 0 Å². The molecule has 63 heavy (non-hydrogen) atoms. The fraction of sp³-hybridized carbons (Fsp3) is 0.800. The third-order valence-corrected chi connectivity index (χ3v) is 11.6. The van der Waals surface area contributed by atoms with E-state index in [1.807, 2.05) is 0 Å². The quantitative estimate of drug-likeness (QED) is 0.0224. The lowest BCUT2D eigenvalue weighted by Gasteiger charge is -2.19. The summed E-state index contributed by atoms with van der Waals surface area (Å²) in [6, 6.07) is 0. The van der Waals surface area contributed by atoms with Gasteiger partial charge in [0.15, 0.2) is 17.7 Å². The molecule has 6 atom stereocenters. The standard InChI is InChI=1S/C23H37N9O15P2.2C6H15N/c24-21-18-22(28-13-27-21)32(14-29-18)23-20(36)19(35)15(45-23)12-44-48(37,38)47-49(39,40)46-17(34)3-1-2-16(33)26-4-6-41-8-10-43-11-9-42-7-5-30-31-25;2*1-4-7(5-2)6-3/h13-15,19-20,23,35-36H,1-12H2,(H,26,33)(H,37,38)(H,39,40)(H2,24,27,28);2*4-6H2,1-3H3. The molecule has 26 nitrogen and oxygen atoms in total. The number of phosphoric ester groups is 2. The first-order chi connectivity index (χ1) is 30.0. The SMILES string of the molecule is CCN(CC)CC.CCN(CC)CC.[N-]=[N+]=NCCOCCOCCOCCNC(=O)CCCC(=O)OP(=O)(O)OP(=O)(O)OCC1OC(n2cnc3c(N)ncnc32)C(O)C1O. The summed E-state index contributed by atoms with van der Waals surface area (Å²) < 4.78 is 60.0. The molecule has 1 aliphatic rings. The van der Waals surface area contributed by atoms with E-state index < -0.39 is 65.1 Å². The van der Waals surface area contributed by atoms with Crippen LogP contribution in [0.25, 0.3) is 21.6 Å². The number of hydrogen-bond acceptors (Lipinski definition) is 20. The Morgan fingerprint density at radius 2 is 1.44 bits per heavy atom. The van der Waals surface area contributed by atoms with Crippen molar-refractivity contribution in [2.75, 3.05) is 104 Å². The lowest BCUT2D eigenvalue weighted by atomic mass is 10.1. The van der Waals surface area contributed by atoms with Crippen molar-refractivity contribution < 1.29 is 71.0 Å². The molecular formula is C35H67N11O15P2. The minimum atomic E-state index is -5.48. The number of fused-ring (bicyclic) bond motifs is 1. The molecule has 6 unspecified atom stereocenters. The molecule has 0 saturated carbocycles. The number of rotatable bonds is 29. The molecule has 1 amide bonds. The fourth-order valence-electron chi connectivity index (χ4n) is 5.44. The molecule has 1 aliphatic heterocycles. The van der Waals surface area contributed by atoms with Crippen LogP contribution in [0, 0.1) is 0 Å². The summed E-state index contributed by atoms with van der Waals surface area (Å²) in [5, 5.41) is 26.7. The Kier molecular flexibility index (Phi) is 29.5. The number of anilines is 1. The van der Waals surface area contributed by atoms with E-state index in [0.717, 1.165) is 6.33 Å². The molecule has 3 rings (SSSR count). The molecule has 0 aliphatic carbocycles. The third-order valence-electron chi connectivity index (χ3n) is 9.00. The van der Waals surface area contributed by atoms with Gasteiger partial charge in [-0.1, -0.05) is 46.7 Å². The number of aromatic nitrogens is 4. The smallest absolute Gasteiger partial charge is 0.387 e. The fourth-order valence-corrected chi connectivity index (χ4v) is 7.49. The number of azide groups is 1. The maximum absolute atomic E-state index is 12.3. The molecule has 0 spiro atoms. The summed E-state index contributed by atoms with van der Waals surface area (Å²) in [5.41, 5.74) is 14.2. The van der Waals surface area contributed by atoms with Gasteiger partial charge < -0.3 is 59.4 Å². The molecular weight excluding hydrogens is 876 g/mol. The maximum atomic E-state index is 12.3. The largest absolute Gasteiger partial charge is 0.538 e. The number of ether oxygens (including phenoxy) is 4. The molecule has 362 valence electrons. The van der Waals surface area contributed by atoms with Gasteiger partial charge in [0, 0.05) is 30.8 Å². The van der Waals surface area contributed by atoms with Crippen molar-refractivity contribution in [1.29, 1.82) is 0 Å². The Morgan fingerprint density at radius 1 is 0.873 bits per heavy atom. The normalized spacial score (nSPS) is 19.0. The number of carbonyl (C=O) groups excluding carboxylic acids is 2. The van der Waals surface area contributed by atoms with Crippen LogP contribution in [-0.4, -0.2) is 178 Å². The number of nitrogens with zero attached hydrogens (tertiary/aromatic N) is 9. The van der Waals surface area contributed by atoms with Crippen molar-refractivity contribution in [1.82, 2.24) is 34.6 Å². The number of nitrogens with two attached hydrogens (primary N) is 1. The lowest BCUT2D eigenvalue weighted by molar-refractivity contribution is -0.135. The van der Waals surface area contributed by atoms with Crippen LogP contribution in [0.3, 0.4) is 0 Å². The topological polar surface area (TPSA) is 351 Å². The van der Waals surface area contributed by atoms with Gasteiger partial charge in [-0.05, 0) is 51.2 Å². The predicted molar refractivity (Wildman–Crippen MR) is 229 cm³/mol. The lowest BCUT2D eigenvalue weighted by Crippen LogP contribution is -2.33. The first-order valence-electron chi connectivity index (χ1n) is 20.7. The highest BCUT2D eigenvalue weighted by Crippen LogP contribution is 2.60. The second-order valence-electron chi connectivity index (χ2n) is 13.1. The zero-order valence-corrected chi connectivity index (χ0v) is 38.8. The molecule has 3 heterocycles. The van der Waals surface area contributed by atoms with Gasteiger partial charge in [-0.3, -0.25) is 23.6 Å². The van der Waals surface area contributed by atoms with Crippen LogP contribution >= 0.6 is 15.6 Å². The first-order valence-corrected chi connectivity index (χ1v) is 23.7. The molecule has 2 aromatic heterocycles. The van der Waals surface area contributed by atoms with Crippen LogP contribution in [0.4, 0.5) is 5.82 Å². The van der Waals surface area contributed by atoms with Crippen LogP contribution in [-0.2, 0) is 51.0 Å². The number of phosphoric acid groups is 2. The maximum Gasteiger partial charge on any atom is 0.538 e. The molecule has 28 heteroatoms. The molecule has 0 radical (unpaired) electrons. The summed E-state index contributed by atoms with van der Waals surface area (Å²) in [6.07, 6.45) is -4.37. The van der Waals surface area contributed by atoms with Crippen molar-refractivity contribution in [2.45, 2.75) is 85.3 Å². The van der Waals surface area contributed by atoms with Crippen molar-refractivity contribution >= 4 is 44.5 Å². The number of nitrogens with one attached hydrogen (secondary N) is 1. The summed E-state index contributed by atoms with van der Waals surface area (Å²) in [5.74, 6) is -1.70. The van der Waals surface area contributed by atoms with Crippen molar-refractivity contribution in [3.63, 3.8) is 0 Å². The number of imidazole rings is 1. The van der Waals surface area contributed by atoms with Gasteiger partial charge in [-0.25, -0.2) is 24.1 Å². The van der Waals surface area contributed by atoms with Crippen molar-refractivity contribution in [3.05, 3.63) is 23.1 Å². The van der Waals surface area contributed by atoms with E-state index in [1.54, 1.807) is 0 Å². The number of aliphatic hydroxyl groups excluding tert-OH is 2. The van der Waals surface area contributed by atoms with Gasteiger partial charge in [0.05, 0.1) is 52.6 Å². The summed E-state index contributed by atoms with van der Waals surface area (Å²) >= 11 is 0. The molecule has 2 aromatic rings.